The summed E-state index contributed by atoms with van der Waals surface area (Å²) in [5, 5.41) is 4.59. The highest BCUT2D eigenvalue weighted by molar-refractivity contribution is 7.92. The third-order valence-electron chi connectivity index (χ3n) is 3.55. The van der Waals surface area contributed by atoms with Crippen LogP contribution >= 0.6 is 0 Å². The van der Waals surface area contributed by atoms with Crippen LogP contribution in [0.2, 0.25) is 0 Å². The summed E-state index contributed by atoms with van der Waals surface area (Å²) in [6.45, 7) is 4.12. The minimum absolute atomic E-state index is 0.0687. The zero-order valence-electron chi connectivity index (χ0n) is 11.8. The van der Waals surface area contributed by atoms with Gasteiger partial charge in [-0.1, -0.05) is 37.3 Å². The number of piperidine rings is 1. The number of hydrogen-bond acceptors (Lipinski definition) is 3. The topological polar surface area (TPSA) is 49.4 Å². The highest BCUT2D eigenvalue weighted by atomic mass is 32.2. The van der Waals surface area contributed by atoms with Crippen molar-refractivity contribution in [1.82, 2.24) is 9.62 Å². The molecule has 0 bridgehead atoms. The molecule has 1 fully saturated rings. The van der Waals surface area contributed by atoms with Gasteiger partial charge in [0.05, 0.1) is 0 Å². The van der Waals surface area contributed by atoms with Crippen molar-refractivity contribution in [2.75, 3.05) is 19.6 Å². The van der Waals surface area contributed by atoms with Crippen molar-refractivity contribution in [3.63, 3.8) is 0 Å². The average Bonchev–Trinajstić information content (AvgIpc) is 2.48. The number of likely N-dealkylation sites (N-methyl/N-ethyl adjacent to an activating group) is 1. The first-order chi connectivity index (χ1) is 9.63. The molecule has 110 valence electrons. The van der Waals surface area contributed by atoms with E-state index in [2.05, 4.69) is 5.32 Å². The SMILES string of the molecule is CCN(C1CCCNC1)S(=O)(=O)C=Cc1ccccc1. The zero-order chi connectivity index (χ0) is 14.4. The third-order valence-corrected chi connectivity index (χ3v) is 5.24. The van der Waals surface area contributed by atoms with E-state index in [0.717, 1.165) is 31.5 Å². The molecule has 0 amide bonds. The van der Waals surface area contributed by atoms with Crippen LogP contribution in [0.15, 0.2) is 35.7 Å². The smallest absolute Gasteiger partial charge is 0.236 e. The summed E-state index contributed by atoms with van der Waals surface area (Å²) >= 11 is 0. The van der Waals surface area contributed by atoms with Gasteiger partial charge in [0, 0.05) is 24.5 Å². The summed E-state index contributed by atoms with van der Waals surface area (Å²) in [4.78, 5) is 0. The molecular weight excluding hydrogens is 272 g/mol. The van der Waals surface area contributed by atoms with Crippen LogP contribution in [0.25, 0.3) is 6.08 Å². The molecule has 1 atom stereocenters. The van der Waals surface area contributed by atoms with Crippen LogP contribution in [0.1, 0.15) is 25.3 Å². The first kappa shape index (κ1) is 15.2. The molecule has 2 rings (SSSR count). The van der Waals surface area contributed by atoms with Gasteiger partial charge >= 0.3 is 0 Å². The minimum atomic E-state index is -3.36. The Bertz CT molecular complexity index is 534. The molecule has 0 radical (unpaired) electrons. The Morgan fingerprint density at radius 2 is 2.10 bits per heavy atom. The zero-order valence-corrected chi connectivity index (χ0v) is 12.6. The summed E-state index contributed by atoms with van der Waals surface area (Å²) < 4.78 is 26.5. The van der Waals surface area contributed by atoms with E-state index in [4.69, 9.17) is 0 Å². The molecular formula is C15H22N2O2S. The molecule has 1 saturated heterocycles. The van der Waals surface area contributed by atoms with Crippen LogP contribution in [-0.2, 0) is 10.0 Å². The Labute approximate surface area is 121 Å². The molecule has 0 aliphatic carbocycles. The normalized spacial score (nSPS) is 20.6. The Morgan fingerprint density at radius 1 is 1.35 bits per heavy atom. The maximum Gasteiger partial charge on any atom is 0.236 e. The van der Waals surface area contributed by atoms with Crippen molar-refractivity contribution in [3.05, 3.63) is 41.3 Å². The van der Waals surface area contributed by atoms with E-state index in [0.29, 0.717) is 6.54 Å². The molecule has 1 N–H and O–H groups in total. The Hall–Kier alpha value is -1.17. The van der Waals surface area contributed by atoms with Crippen molar-refractivity contribution in [3.8, 4) is 0 Å². The fourth-order valence-electron chi connectivity index (χ4n) is 2.53. The fourth-order valence-corrected chi connectivity index (χ4v) is 3.97. The minimum Gasteiger partial charge on any atom is -0.315 e. The van der Waals surface area contributed by atoms with Gasteiger partial charge in [-0.3, -0.25) is 0 Å². The number of sulfonamides is 1. The van der Waals surface area contributed by atoms with Crippen molar-refractivity contribution in [2.45, 2.75) is 25.8 Å². The predicted molar refractivity (Wildman–Crippen MR) is 82.7 cm³/mol. The second-order valence-corrected chi connectivity index (χ2v) is 6.73. The molecule has 4 nitrogen and oxygen atoms in total. The quantitative estimate of drug-likeness (QED) is 0.904. The molecule has 0 aromatic heterocycles. The third kappa shape index (κ3) is 3.91. The van der Waals surface area contributed by atoms with Crippen LogP contribution < -0.4 is 5.32 Å². The lowest BCUT2D eigenvalue weighted by atomic mass is 10.1. The lowest BCUT2D eigenvalue weighted by molar-refractivity contribution is 0.277. The molecule has 1 aromatic carbocycles. The van der Waals surface area contributed by atoms with E-state index in [1.54, 1.807) is 10.4 Å². The van der Waals surface area contributed by atoms with Crippen LogP contribution in [0.4, 0.5) is 0 Å². The molecule has 20 heavy (non-hydrogen) atoms. The van der Waals surface area contributed by atoms with E-state index in [9.17, 15) is 8.42 Å². The number of benzene rings is 1. The van der Waals surface area contributed by atoms with Crippen LogP contribution in [-0.4, -0.2) is 38.4 Å². The first-order valence-corrected chi connectivity index (χ1v) is 8.59. The second-order valence-electron chi connectivity index (χ2n) is 4.96. The first-order valence-electron chi connectivity index (χ1n) is 7.09. The van der Waals surface area contributed by atoms with Gasteiger partial charge in [0.1, 0.15) is 0 Å². The summed E-state index contributed by atoms with van der Waals surface area (Å²) in [7, 11) is -3.36. The predicted octanol–water partition coefficient (Wildman–Crippen LogP) is 2.06. The molecule has 1 aliphatic rings. The van der Waals surface area contributed by atoms with Gasteiger partial charge in [0.2, 0.25) is 10.0 Å². The van der Waals surface area contributed by atoms with E-state index in [-0.39, 0.29) is 6.04 Å². The van der Waals surface area contributed by atoms with E-state index in [1.165, 1.54) is 5.41 Å². The molecule has 5 heteroatoms. The van der Waals surface area contributed by atoms with Crippen LogP contribution in [0.5, 0.6) is 0 Å². The molecule has 1 unspecified atom stereocenters. The van der Waals surface area contributed by atoms with E-state index >= 15 is 0 Å². The molecule has 0 saturated carbocycles. The Kier molecular flexibility index (Phi) is 5.34. The largest absolute Gasteiger partial charge is 0.315 e. The van der Waals surface area contributed by atoms with E-state index < -0.39 is 10.0 Å². The van der Waals surface area contributed by atoms with Gasteiger partial charge in [-0.05, 0) is 31.0 Å². The van der Waals surface area contributed by atoms with Crippen LogP contribution in [0, 0.1) is 0 Å². The standard InChI is InChI=1S/C15H22N2O2S/c1-2-17(15-9-6-11-16-13-15)20(18,19)12-10-14-7-4-3-5-8-14/h3-5,7-8,10,12,15-16H,2,6,9,11,13H2,1H3. The van der Waals surface area contributed by atoms with Gasteiger partial charge in [0.15, 0.2) is 0 Å². The van der Waals surface area contributed by atoms with Gasteiger partial charge < -0.3 is 5.32 Å². The Morgan fingerprint density at radius 3 is 2.70 bits per heavy atom. The lowest BCUT2D eigenvalue weighted by Crippen LogP contribution is -2.47. The monoisotopic (exact) mass is 294 g/mol. The lowest BCUT2D eigenvalue weighted by Gasteiger charge is -2.32. The van der Waals surface area contributed by atoms with E-state index in [1.807, 2.05) is 37.3 Å². The van der Waals surface area contributed by atoms with Gasteiger partial charge in [0.25, 0.3) is 0 Å². The summed E-state index contributed by atoms with van der Waals surface area (Å²) in [6.07, 6.45) is 3.62. The van der Waals surface area contributed by atoms with Crippen molar-refractivity contribution < 1.29 is 8.42 Å². The van der Waals surface area contributed by atoms with Gasteiger partial charge in [-0.25, -0.2) is 8.42 Å². The van der Waals surface area contributed by atoms with Crippen molar-refractivity contribution in [2.24, 2.45) is 0 Å². The Balaban J connectivity index is 2.13. The summed E-state index contributed by atoms with van der Waals surface area (Å²) in [6, 6.07) is 9.57. The molecule has 1 aromatic rings. The number of hydrogen-bond donors (Lipinski definition) is 1. The van der Waals surface area contributed by atoms with Crippen LogP contribution in [0.3, 0.4) is 0 Å². The highest BCUT2D eigenvalue weighted by Gasteiger charge is 2.27. The number of nitrogens with one attached hydrogen (secondary N) is 1. The highest BCUT2D eigenvalue weighted by Crippen LogP contribution is 2.16. The molecule has 1 heterocycles. The second kappa shape index (κ2) is 7.02. The number of nitrogens with zero attached hydrogens (tertiary/aromatic N) is 1. The summed E-state index contributed by atoms with van der Waals surface area (Å²) in [5.41, 5.74) is 0.897. The van der Waals surface area contributed by atoms with Gasteiger partial charge in [-0.2, -0.15) is 4.31 Å². The van der Waals surface area contributed by atoms with Crippen molar-refractivity contribution in [1.29, 1.82) is 0 Å². The average molecular weight is 294 g/mol. The molecule has 0 spiro atoms. The molecule has 1 aliphatic heterocycles. The maximum atomic E-state index is 12.4. The fraction of sp³-hybridized carbons (Fsp3) is 0.467. The summed E-state index contributed by atoms with van der Waals surface area (Å²) in [5.74, 6) is 0. The number of rotatable bonds is 5. The van der Waals surface area contributed by atoms with Gasteiger partial charge in [-0.15, -0.1) is 0 Å². The maximum absolute atomic E-state index is 12.4. The van der Waals surface area contributed by atoms with Crippen molar-refractivity contribution >= 4 is 16.1 Å².